The summed E-state index contributed by atoms with van der Waals surface area (Å²) in [6.07, 6.45) is 1.46. The molecule has 10 nitrogen and oxygen atoms in total. The van der Waals surface area contributed by atoms with Crippen LogP contribution >= 0.6 is 11.8 Å². The van der Waals surface area contributed by atoms with E-state index in [0.29, 0.717) is 22.0 Å². The van der Waals surface area contributed by atoms with E-state index in [0.717, 1.165) is 17.5 Å². The lowest BCUT2D eigenvalue weighted by Gasteiger charge is -2.23. The number of imidazole rings is 1. The van der Waals surface area contributed by atoms with Gasteiger partial charge >= 0.3 is 12.1 Å². The molecule has 0 aliphatic carbocycles. The van der Waals surface area contributed by atoms with Gasteiger partial charge in [0.2, 0.25) is 5.60 Å². The van der Waals surface area contributed by atoms with Crippen molar-refractivity contribution in [2.75, 3.05) is 6.26 Å². The lowest BCUT2D eigenvalue weighted by atomic mass is 10.0. The van der Waals surface area contributed by atoms with Gasteiger partial charge in [0.15, 0.2) is 0 Å². The Kier molecular flexibility index (Phi) is 10.2. The highest BCUT2D eigenvalue weighted by atomic mass is 32.2. The van der Waals surface area contributed by atoms with Crippen LogP contribution in [-0.4, -0.2) is 46.5 Å². The number of benzene rings is 3. The number of thioether (sulfide) groups is 1. The van der Waals surface area contributed by atoms with E-state index in [1.165, 1.54) is 24.8 Å². The molecule has 44 heavy (non-hydrogen) atoms. The molecule has 2 unspecified atom stereocenters. The number of carboxylic acids is 1. The van der Waals surface area contributed by atoms with E-state index in [4.69, 9.17) is 9.72 Å². The highest BCUT2D eigenvalue weighted by molar-refractivity contribution is 7.98. The van der Waals surface area contributed by atoms with E-state index < -0.39 is 27.7 Å². The number of hydrogen-bond donors (Lipinski definition) is 3. The van der Waals surface area contributed by atoms with Crippen LogP contribution in [0.2, 0.25) is 0 Å². The molecule has 1 aromatic heterocycles. The predicted octanol–water partition coefficient (Wildman–Crippen LogP) is 5.74. The number of rotatable bonds is 12. The van der Waals surface area contributed by atoms with Crippen LogP contribution in [0.15, 0.2) is 88.8 Å². The summed E-state index contributed by atoms with van der Waals surface area (Å²) in [7, 11) is -4.27. The smallest absolute Gasteiger partial charge is 0.421 e. The van der Waals surface area contributed by atoms with Gasteiger partial charge in [-0.05, 0) is 42.4 Å². The first kappa shape index (κ1) is 32.8. The normalized spacial score (nSPS) is 13.6. The van der Waals surface area contributed by atoms with Crippen molar-refractivity contribution in [3.63, 3.8) is 0 Å². The van der Waals surface area contributed by atoms with Crippen molar-refractivity contribution in [2.45, 2.75) is 61.8 Å². The van der Waals surface area contributed by atoms with Gasteiger partial charge in [-0.1, -0.05) is 86.6 Å². The topological polar surface area (TPSA) is 148 Å². The van der Waals surface area contributed by atoms with Crippen LogP contribution in [0.4, 0.5) is 4.79 Å². The van der Waals surface area contributed by atoms with E-state index in [9.17, 15) is 28.2 Å². The minimum absolute atomic E-state index is 0.00230. The van der Waals surface area contributed by atoms with Gasteiger partial charge in [-0.15, -0.1) is 11.8 Å². The summed E-state index contributed by atoms with van der Waals surface area (Å²) in [6, 6.07) is 22.3. The van der Waals surface area contributed by atoms with Crippen LogP contribution < -0.4 is 4.72 Å². The molecule has 0 radical (unpaired) electrons. The number of hydrogen-bond acceptors (Lipinski definition) is 8. The third-order valence-corrected chi connectivity index (χ3v) is 9.34. The van der Waals surface area contributed by atoms with Crippen molar-refractivity contribution < 1.29 is 33.0 Å². The zero-order chi connectivity index (χ0) is 32.1. The first-order valence-electron chi connectivity index (χ1n) is 13.9. The zero-order valence-corrected chi connectivity index (χ0v) is 26.5. The van der Waals surface area contributed by atoms with Crippen molar-refractivity contribution in [2.24, 2.45) is 0 Å². The van der Waals surface area contributed by atoms with Crippen molar-refractivity contribution in [3.8, 4) is 11.1 Å². The molecule has 3 aromatic carbocycles. The molecule has 4 rings (SSSR count). The van der Waals surface area contributed by atoms with Gasteiger partial charge in [-0.25, -0.2) is 27.7 Å². The summed E-state index contributed by atoms with van der Waals surface area (Å²) in [6.45, 7) is 5.41. The van der Waals surface area contributed by atoms with E-state index in [-0.39, 0.29) is 29.7 Å². The zero-order valence-electron chi connectivity index (χ0n) is 24.9. The molecule has 0 saturated carbocycles. The van der Waals surface area contributed by atoms with Gasteiger partial charge in [-0.2, -0.15) is 0 Å². The molecular weight excluding hydrogens is 603 g/mol. The predicted molar refractivity (Wildman–Crippen MR) is 168 cm³/mol. The molecule has 0 bridgehead atoms. The molecule has 2 atom stereocenters. The van der Waals surface area contributed by atoms with Gasteiger partial charge in [-0.3, -0.25) is 0 Å². The average molecular weight is 638 g/mol. The molecule has 0 saturated heterocycles. The fraction of sp³-hybridized carbons (Fsp3) is 0.281. The summed E-state index contributed by atoms with van der Waals surface area (Å²) in [5.74, 6) is -0.711. The molecule has 1 heterocycles. The summed E-state index contributed by atoms with van der Waals surface area (Å²) in [4.78, 5) is 29.0. The Morgan fingerprint density at radius 3 is 2.27 bits per heavy atom. The van der Waals surface area contributed by atoms with Crippen molar-refractivity contribution in [3.05, 3.63) is 102 Å². The fourth-order valence-corrected chi connectivity index (χ4v) is 6.52. The van der Waals surface area contributed by atoms with Crippen LogP contribution in [0.1, 0.15) is 55.8 Å². The fourth-order valence-electron chi connectivity index (χ4n) is 4.71. The highest BCUT2D eigenvalue weighted by Crippen LogP contribution is 2.35. The maximum absolute atomic E-state index is 13.2. The average Bonchev–Trinajstić information content (AvgIpc) is 3.39. The summed E-state index contributed by atoms with van der Waals surface area (Å²) in [5, 5.41) is 21.2. The number of carbonyl (C=O) groups excluding carboxylic acids is 1. The lowest BCUT2D eigenvalue weighted by molar-refractivity contribution is -0.158. The second-order valence-electron chi connectivity index (χ2n) is 10.5. The molecule has 1 amide bonds. The number of sulfonamides is 1. The van der Waals surface area contributed by atoms with Gasteiger partial charge in [0.05, 0.1) is 10.6 Å². The van der Waals surface area contributed by atoms with E-state index >= 15 is 0 Å². The number of aliphatic hydroxyl groups is 1. The van der Waals surface area contributed by atoms with Crippen molar-refractivity contribution >= 4 is 33.8 Å². The van der Waals surface area contributed by atoms with Crippen molar-refractivity contribution in [1.82, 2.24) is 14.3 Å². The summed E-state index contributed by atoms with van der Waals surface area (Å²) < 4.78 is 35.3. The third kappa shape index (κ3) is 7.15. The Balaban J connectivity index is 1.62. The van der Waals surface area contributed by atoms with Crippen LogP contribution in [0.5, 0.6) is 0 Å². The second-order valence-corrected chi connectivity index (χ2v) is 12.9. The van der Waals surface area contributed by atoms with Gasteiger partial charge in [0.1, 0.15) is 17.5 Å². The minimum atomic E-state index is -4.27. The number of aromatic nitrogens is 2. The quantitative estimate of drug-likeness (QED) is 0.165. The summed E-state index contributed by atoms with van der Waals surface area (Å²) >= 11 is 1.27. The molecule has 0 aliphatic heterocycles. The van der Waals surface area contributed by atoms with E-state index in [1.54, 1.807) is 77.6 Å². The molecule has 3 N–H and O–H groups in total. The molecular formula is C32H35N3O7S2. The van der Waals surface area contributed by atoms with E-state index in [2.05, 4.69) is 0 Å². The number of amides is 1. The Labute approximate surface area is 261 Å². The van der Waals surface area contributed by atoms with Crippen LogP contribution in [-0.2, 0) is 38.3 Å². The number of nitrogens with one attached hydrogen (secondary N) is 1. The van der Waals surface area contributed by atoms with Crippen LogP contribution in [0, 0.1) is 0 Å². The Bertz CT molecular complexity index is 1740. The second kappa shape index (κ2) is 13.7. The molecule has 4 aromatic rings. The Morgan fingerprint density at radius 2 is 1.66 bits per heavy atom. The summed E-state index contributed by atoms with van der Waals surface area (Å²) in [5.41, 5.74) is 0.509. The van der Waals surface area contributed by atoms with Crippen LogP contribution in [0.3, 0.4) is 0 Å². The lowest BCUT2D eigenvalue weighted by Crippen LogP contribution is -2.35. The maximum Gasteiger partial charge on any atom is 0.421 e. The van der Waals surface area contributed by atoms with E-state index in [1.807, 2.05) is 24.6 Å². The molecule has 0 spiro atoms. The highest BCUT2D eigenvalue weighted by Gasteiger charge is 2.40. The maximum atomic E-state index is 13.2. The van der Waals surface area contributed by atoms with Crippen molar-refractivity contribution in [1.29, 1.82) is 0 Å². The third-order valence-electron chi connectivity index (χ3n) is 7.30. The Hall–Kier alpha value is -4.13. The standard InChI is InChI=1S/C32H35N3O7S2/c1-5-21(2)28-33-29(43-4)27(32(3,39)30(36)37)35(28)19-22-15-17-24(18-16-22)25-13-9-10-14-26(25)44(40,41)34-31(38)42-20-23-11-7-6-8-12-23/h6-18,21,39H,5,19-20H2,1-4H3,(H,34,38)(H,36,37). The number of nitrogens with zero attached hydrogens (tertiary/aromatic N) is 2. The first-order chi connectivity index (χ1) is 20.9. The van der Waals surface area contributed by atoms with Crippen LogP contribution in [0.25, 0.3) is 11.1 Å². The number of carboxylic acid groups (broad SMARTS) is 1. The SMILES string of the molecule is CCC(C)c1nc(SC)c(C(C)(O)C(=O)O)n1Cc1ccc(-c2ccccc2S(=O)(=O)NC(=O)OCc2ccccc2)cc1. The van der Waals surface area contributed by atoms with Gasteiger partial charge < -0.3 is 19.5 Å². The van der Waals surface area contributed by atoms with Gasteiger partial charge in [0.25, 0.3) is 10.0 Å². The largest absolute Gasteiger partial charge is 0.479 e. The first-order valence-corrected chi connectivity index (χ1v) is 16.6. The molecule has 0 aliphatic rings. The monoisotopic (exact) mass is 637 g/mol. The molecule has 0 fully saturated rings. The number of carbonyl (C=O) groups is 2. The van der Waals surface area contributed by atoms with Gasteiger partial charge in [0, 0.05) is 18.0 Å². The Morgan fingerprint density at radius 1 is 1.02 bits per heavy atom. The number of aliphatic carboxylic acids is 1. The minimum Gasteiger partial charge on any atom is -0.479 e. The number of ether oxygens (including phenoxy) is 1. The molecule has 12 heteroatoms. The molecule has 232 valence electrons.